The summed E-state index contributed by atoms with van der Waals surface area (Å²) in [5, 5.41) is 9.57. The van der Waals surface area contributed by atoms with Gasteiger partial charge >= 0.3 is 5.97 Å². The van der Waals surface area contributed by atoms with Crippen molar-refractivity contribution in [2.24, 2.45) is 0 Å². The number of carbonyl (C=O) groups is 3. The van der Waals surface area contributed by atoms with E-state index < -0.39 is 22.9 Å². The van der Waals surface area contributed by atoms with E-state index in [1.54, 1.807) is 48.5 Å². The number of thioether (sulfide) groups is 1. The SMILES string of the molecule is COc1ccc(COC(=O)C2=C([SH]3C=CC(c4nccs4)=C3)CSC3[C@H](NC(=O)Cc4ccccc4)C(=O)N23)cc1. The second-order valence-corrected chi connectivity index (χ2v) is 13.4. The van der Waals surface area contributed by atoms with E-state index in [-0.39, 0.29) is 35.9 Å². The van der Waals surface area contributed by atoms with Crippen molar-refractivity contribution in [3.05, 3.63) is 110 Å². The number of methoxy groups -OCH3 is 1. The summed E-state index contributed by atoms with van der Waals surface area (Å²) >= 11 is 3.11. The van der Waals surface area contributed by atoms with Gasteiger partial charge in [-0.15, -0.1) is 23.1 Å². The molecule has 3 aromatic rings. The van der Waals surface area contributed by atoms with Gasteiger partial charge in [-0.1, -0.05) is 42.5 Å². The number of thiazole rings is 1. The molecule has 0 radical (unpaired) electrons. The van der Waals surface area contributed by atoms with Gasteiger partial charge in [-0.3, -0.25) is 14.5 Å². The summed E-state index contributed by atoms with van der Waals surface area (Å²) in [6.45, 7) is 0.0602. The number of esters is 1. The number of hydrogen-bond acceptors (Lipinski definition) is 8. The van der Waals surface area contributed by atoms with Gasteiger partial charge in [-0.05, 0) is 40.2 Å². The number of fused-ring (bicyclic) bond motifs is 1. The number of allylic oxidation sites excluding steroid dienone is 2. The molecule has 210 valence electrons. The highest BCUT2D eigenvalue weighted by molar-refractivity contribution is 8.26. The first-order valence-corrected chi connectivity index (χ1v) is 16.3. The highest BCUT2D eigenvalue weighted by Gasteiger charge is 2.54. The maximum atomic E-state index is 13.6. The van der Waals surface area contributed by atoms with Crippen LogP contribution in [0.5, 0.6) is 5.75 Å². The fourth-order valence-electron chi connectivity index (χ4n) is 4.79. The van der Waals surface area contributed by atoms with Crippen molar-refractivity contribution in [3.8, 4) is 5.75 Å². The number of amides is 2. The van der Waals surface area contributed by atoms with Gasteiger partial charge in [0.2, 0.25) is 5.91 Å². The lowest BCUT2D eigenvalue weighted by Crippen LogP contribution is -2.70. The van der Waals surface area contributed by atoms with Crippen LogP contribution in [0.25, 0.3) is 5.57 Å². The van der Waals surface area contributed by atoms with Crippen molar-refractivity contribution in [3.63, 3.8) is 0 Å². The van der Waals surface area contributed by atoms with Crippen molar-refractivity contribution in [1.29, 1.82) is 0 Å². The Morgan fingerprint density at radius 1 is 1.12 bits per heavy atom. The fraction of sp³-hybridized carbons (Fsp3) is 0.200. The third-order valence-corrected chi connectivity index (χ3v) is 11.2. The van der Waals surface area contributed by atoms with E-state index in [2.05, 4.69) is 21.1 Å². The van der Waals surface area contributed by atoms with Crippen LogP contribution in [0.15, 0.2) is 93.7 Å². The molecule has 2 unspecified atom stereocenters. The standard InChI is InChI=1S/C30H27N3O5S3/c1-37-22-9-7-20(8-10-22)16-38-30(36)26-23(41-14-11-21(18-41)27-31-12-13-39-27)17-40-29-25(28(35)33(26)29)32-24(34)15-19-5-3-2-4-6-19/h2-14,18,25,29,41H,15-17H2,1H3,(H,32,34)/t25-,29?/m1/s1. The molecule has 1 aromatic heterocycles. The largest absolute Gasteiger partial charge is 0.497 e. The number of nitrogens with one attached hydrogen (secondary N) is 1. The second-order valence-electron chi connectivity index (χ2n) is 9.48. The predicted octanol–water partition coefficient (Wildman–Crippen LogP) is 4.62. The highest BCUT2D eigenvalue weighted by Crippen LogP contribution is 2.53. The molecule has 4 heterocycles. The zero-order valence-corrected chi connectivity index (χ0v) is 24.6. The Bertz CT molecular complexity index is 1550. The van der Waals surface area contributed by atoms with Gasteiger partial charge in [0, 0.05) is 27.8 Å². The van der Waals surface area contributed by atoms with Gasteiger partial charge in [0.25, 0.3) is 5.91 Å². The Morgan fingerprint density at radius 2 is 1.93 bits per heavy atom. The maximum Gasteiger partial charge on any atom is 0.356 e. The van der Waals surface area contributed by atoms with Crippen molar-refractivity contribution in [2.75, 3.05) is 12.9 Å². The first kappa shape index (κ1) is 27.4. The van der Waals surface area contributed by atoms with Crippen LogP contribution in [0.4, 0.5) is 0 Å². The monoisotopic (exact) mass is 605 g/mol. The lowest BCUT2D eigenvalue weighted by molar-refractivity contribution is -0.153. The number of aromatic nitrogens is 1. The molecule has 0 saturated carbocycles. The van der Waals surface area contributed by atoms with Crippen LogP contribution in [-0.2, 0) is 32.1 Å². The van der Waals surface area contributed by atoms with Gasteiger partial charge in [-0.2, -0.15) is 10.9 Å². The van der Waals surface area contributed by atoms with E-state index in [4.69, 9.17) is 9.47 Å². The lowest BCUT2D eigenvalue weighted by atomic mass is 10.0. The van der Waals surface area contributed by atoms with Crippen molar-refractivity contribution >= 4 is 57.4 Å². The normalized spacial score (nSPS) is 22.1. The van der Waals surface area contributed by atoms with Crippen LogP contribution in [0.2, 0.25) is 0 Å². The lowest BCUT2D eigenvalue weighted by Gasteiger charge is -2.50. The van der Waals surface area contributed by atoms with E-state index in [0.29, 0.717) is 11.5 Å². The zero-order chi connectivity index (χ0) is 28.3. The molecule has 2 amide bonds. The first-order valence-electron chi connectivity index (χ1n) is 12.9. The molecular formula is C30H27N3O5S3. The molecule has 3 atom stereocenters. The van der Waals surface area contributed by atoms with Crippen LogP contribution in [-0.4, -0.2) is 51.9 Å². The molecular weight excluding hydrogens is 579 g/mol. The minimum absolute atomic E-state index is 0.0602. The molecule has 11 heteroatoms. The number of rotatable bonds is 9. The summed E-state index contributed by atoms with van der Waals surface area (Å²) in [5.41, 5.74) is 2.97. The van der Waals surface area contributed by atoms with E-state index >= 15 is 0 Å². The third-order valence-electron chi connectivity index (χ3n) is 6.88. The van der Waals surface area contributed by atoms with Gasteiger partial charge < -0.3 is 14.8 Å². The van der Waals surface area contributed by atoms with E-state index in [1.165, 1.54) is 4.90 Å². The topological polar surface area (TPSA) is 97.8 Å². The Kier molecular flexibility index (Phi) is 8.00. The quantitative estimate of drug-likeness (QED) is 0.209. The van der Waals surface area contributed by atoms with Gasteiger partial charge in [0.05, 0.1) is 13.5 Å². The Morgan fingerprint density at radius 3 is 2.66 bits per heavy atom. The predicted molar refractivity (Wildman–Crippen MR) is 163 cm³/mol. The molecule has 1 fully saturated rings. The fourth-order valence-corrected chi connectivity index (χ4v) is 9.23. The summed E-state index contributed by atoms with van der Waals surface area (Å²) in [5.74, 6) is 0.175. The van der Waals surface area contributed by atoms with E-state index in [1.807, 2.05) is 53.9 Å². The van der Waals surface area contributed by atoms with Crippen LogP contribution < -0.4 is 10.1 Å². The molecule has 0 bridgehead atoms. The number of benzene rings is 2. The van der Waals surface area contributed by atoms with Crippen molar-refractivity contribution < 1.29 is 23.9 Å². The summed E-state index contributed by atoms with van der Waals surface area (Å²) in [6, 6.07) is 16.0. The van der Waals surface area contributed by atoms with Crippen LogP contribution in [0, 0.1) is 0 Å². The van der Waals surface area contributed by atoms with Crippen molar-refractivity contribution in [2.45, 2.75) is 24.4 Å². The first-order chi connectivity index (χ1) is 20.0. The van der Waals surface area contributed by atoms with Crippen LogP contribution in [0.3, 0.4) is 0 Å². The van der Waals surface area contributed by atoms with Crippen LogP contribution in [0.1, 0.15) is 16.1 Å². The summed E-state index contributed by atoms with van der Waals surface area (Å²) < 4.78 is 11.0. The van der Waals surface area contributed by atoms with Gasteiger partial charge in [0.15, 0.2) is 0 Å². The maximum absolute atomic E-state index is 13.6. The Labute approximate surface area is 248 Å². The average molecular weight is 606 g/mol. The minimum atomic E-state index is -0.962. The molecule has 1 N–H and O–H groups in total. The molecule has 0 spiro atoms. The number of thiol groups is 1. The smallest absolute Gasteiger partial charge is 0.356 e. The van der Waals surface area contributed by atoms with Gasteiger partial charge in [0.1, 0.15) is 34.5 Å². The van der Waals surface area contributed by atoms with Gasteiger partial charge in [-0.25, -0.2) is 9.78 Å². The summed E-state index contributed by atoms with van der Waals surface area (Å²) in [7, 11) is 0.631. The molecule has 3 aliphatic heterocycles. The molecule has 3 aliphatic rings. The minimum Gasteiger partial charge on any atom is -0.497 e. The Hall–Kier alpha value is -3.80. The zero-order valence-electron chi connectivity index (χ0n) is 22.1. The highest BCUT2D eigenvalue weighted by atomic mass is 32.2. The van der Waals surface area contributed by atoms with E-state index in [0.717, 1.165) is 26.6 Å². The van der Waals surface area contributed by atoms with Crippen molar-refractivity contribution in [1.82, 2.24) is 15.2 Å². The number of carbonyl (C=O) groups excluding carboxylic acids is 3. The number of β-lactam (4-membered cyclic amide) rings is 1. The molecule has 1 saturated heterocycles. The molecule has 6 rings (SSSR count). The molecule has 41 heavy (non-hydrogen) atoms. The third kappa shape index (κ3) is 5.70. The van der Waals surface area contributed by atoms with E-state index in [9.17, 15) is 14.4 Å². The number of nitrogens with zero attached hydrogens (tertiary/aromatic N) is 2. The number of hydrogen-bond donors (Lipinski definition) is 2. The summed E-state index contributed by atoms with van der Waals surface area (Å²) in [4.78, 5) is 46.6. The second kappa shape index (κ2) is 12.0. The Balaban J connectivity index is 1.23. The summed E-state index contributed by atoms with van der Waals surface area (Å²) in [6.07, 6.45) is 3.97. The number of ether oxygens (including phenoxy) is 2. The molecule has 8 nitrogen and oxygen atoms in total. The van der Waals surface area contributed by atoms with Crippen LogP contribution >= 0.6 is 34.0 Å². The molecule has 0 aliphatic carbocycles. The molecule has 2 aromatic carbocycles. The average Bonchev–Trinajstić information content (AvgIpc) is 3.71.